The lowest BCUT2D eigenvalue weighted by Gasteiger charge is -2.05. The summed E-state index contributed by atoms with van der Waals surface area (Å²) in [6.45, 7) is 3.18. The van der Waals surface area contributed by atoms with Crippen LogP contribution >= 0.6 is 0 Å². The third-order valence-electron chi connectivity index (χ3n) is 2.69. The van der Waals surface area contributed by atoms with E-state index in [0.717, 1.165) is 12.4 Å². The van der Waals surface area contributed by atoms with E-state index < -0.39 is 0 Å². The first-order valence-corrected chi connectivity index (χ1v) is 6.37. The Hall–Kier alpha value is -2.51. The van der Waals surface area contributed by atoms with Gasteiger partial charge in [0.15, 0.2) is 0 Å². The first-order valence-electron chi connectivity index (χ1n) is 6.37. The molecule has 0 atom stereocenters. The molecule has 0 saturated carbocycles. The molecule has 0 saturated heterocycles. The Morgan fingerprint density at radius 3 is 2.65 bits per heavy atom. The predicted octanol–water partition coefficient (Wildman–Crippen LogP) is 0.00940. The summed E-state index contributed by atoms with van der Waals surface area (Å²) in [7, 11) is 1.82. The van der Waals surface area contributed by atoms with E-state index in [1.807, 2.05) is 14.0 Å². The summed E-state index contributed by atoms with van der Waals surface area (Å²) in [6.07, 6.45) is 5.12. The van der Waals surface area contributed by atoms with E-state index in [0.29, 0.717) is 24.5 Å². The molecular weight excluding hydrogens is 258 g/mol. The molecule has 8 nitrogen and oxygen atoms in total. The van der Waals surface area contributed by atoms with Crippen LogP contribution < -0.4 is 10.6 Å². The van der Waals surface area contributed by atoms with Gasteiger partial charge in [-0.3, -0.25) is 9.48 Å². The fraction of sp³-hybridized carbons (Fsp3) is 0.417. The molecule has 1 amide bonds. The van der Waals surface area contributed by atoms with Crippen LogP contribution in [-0.2, 0) is 13.5 Å². The van der Waals surface area contributed by atoms with Crippen LogP contribution in [0, 0.1) is 0 Å². The molecule has 0 bridgehead atoms. The van der Waals surface area contributed by atoms with Gasteiger partial charge in [-0.2, -0.15) is 5.10 Å². The summed E-state index contributed by atoms with van der Waals surface area (Å²) in [4.78, 5) is 24.1. The zero-order valence-electron chi connectivity index (χ0n) is 11.5. The zero-order valence-corrected chi connectivity index (χ0v) is 11.5. The monoisotopic (exact) mass is 275 g/mol. The topological polar surface area (TPSA) is 97.6 Å². The van der Waals surface area contributed by atoms with Gasteiger partial charge in [0.05, 0.1) is 5.56 Å². The molecule has 2 rings (SSSR count). The van der Waals surface area contributed by atoms with Crippen LogP contribution in [0.25, 0.3) is 0 Å². The van der Waals surface area contributed by atoms with Gasteiger partial charge in [-0.15, -0.1) is 0 Å². The lowest BCUT2D eigenvalue weighted by molar-refractivity contribution is 0.0953. The number of nitrogens with zero attached hydrogens (tertiary/aromatic N) is 5. The Bertz CT molecular complexity index is 563. The number of anilines is 1. The lowest BCUT2D eigenvalue weighted by Crippen LogP contribution is -2.26. The quantitative estimate of drug-likeness (QED) is 0.770. The summed E-state index contributed by atoms with van der Waals surface area (Å²) < 4.78 is 1.68. The lowest BCUT2D eigenvalue weighted by atomic mass is 10.3. The second-order valence-electron chi connectivity index (χ2n) is 4.13. The number of carbonyl (C=O) groups is 1. The summed E-state index contributed by atoms with van der Waals surface area (Å²) in [5, 5.41) is 9.73. The maximum atomic E-state index is 11.9. The van der Waals surface area contributed by atoms with Gasteiger partial charge in [-0.25, -0.2) is 15.0 Å². The minimum Gasteiger partial charge on any atom is -0.355 e. The highest BCUT2D eigenvalue weighted by Gasteiger charge is 2.07. The molecule has 0 fully saturated rings. The van der Waals surface area contributed by atoms with Crippen molar-refractivity contribution in [1.29, 1.82) is 0 Å². The maximum absolute atomic E-state index is 11.9. The smallest absolute Gasteiger partial charge is 0.254 e. The van der Waals surface area contributed by atoms with Crippen molar-refractivity contribution >= 4 is 11.9 Å². The average molecular weight is 275 g/mol. The van der Waals surface area contributed by atoms with Crippen molar-refractivity contribution in [2.24, 2.45) is 7.05 Å². The molecule has 8 heteroatoms. The normalized spacial score (nSPS) is 10.3. The van der Waals surface area contributed by atoms with E-state index in [9.17, 15) is 4.79 Å². The van der Waals surface area contributed by atoms with Crippen molar-refractivity contribution in [2.75, 3.05) is 18.4 Å². The van der Waals surface area contributed by atoms with E-state index in [4.69, 9.17) is 0 Å². The molecule has 2 aromatic rings. The summed E-state index contributed by atoms with van der Waals surface area (Å²) in [5.74, 6) is 1.14. The van der Waals surface area contributed by atoms with Crippen LogP contribution in [-0.4, -0.2) is 43.7 Å². The Labute approximate surface area is 116 Å². The molecule has 0 radical (unpaired) electrons. The molecule has 0 aromatic carbocycles. The molecule has 0 unspecified atom stereocenters. The second kappa shape index (κ2) is 6.60. The molecule has 0 aliphatic carbocycles. The van der Waals surface area contributed by atoms with Crippen molar-refractivity contribution in [2.45, 2.75) is 13.3 Å². The Balaban J connectivity index is 1.84. The van der Waals surface area contributed by atoms with Gasteiger partial charge >= 0.3 is 0 Å². The molecule has 2 heterocycles. The third kappa shape index (κ3) is 3.50. The highest BCUT2D eigenvalue weighted by Crippen LogP contribution is 2.00. The number of hydrogen-bond donors (Lipinski definition) is 2. The number of carbonyl (C=O) groups excluding carboxylic acids is 1. The van der Waals surface area contributed by atoms with Gasteiger partial charge < -0.3 is 10.6 Å². The summed E-state index contributed by atoms with van der Waals surface area (Å²) >= 11 is 0. The summed E-state index contributed by atoms with van der Waals surface area (Å²) in [6, 6.07) is 0. The fourth-order valence-corrected chi connectivity index (χ4v) is 1.63. The van der Waals surface area contributed by atoms with Crippen LogP contribution in [0.3, 0.4) is 0 Å². The maximum Gasteiger partial charge on any atom is 0.254 e. The highest BCUT2D eigenvalue weighted by atomic mass is 16.1. The molecular formula is C12H17N7O. The Kier molecular flexibility index (Phi) is 4.59. The van der Waals surface area contributed by atoms with Gasteiger partial charge in [0.2, 0.25) is 5.95 Å². The van der Waals surface area contributed by atoms with Gasteiger partial charge in [0.25, 0.3) is 5.91 Å². The molecule has 106 valence electrons. The standard InChI is InChI=1S/C12H17N7O/c1-3-13-12-15-6-9(7-16-12)11(20)14-5-4-10-17-8-18-19(10)2/h6-8H,3-5H2,1-2H3,(H,14,20)(H,13,15,16). The highest BCUT2D eigenvalue weighted by molar-refractivity contribution is 5.93. The van der Waals surface area contributed by atoms with Gasteiger partial charge in [-0.05, 0) is 6.92 Å². The van der Waals surface area contributed by atoms with E-state index in [-0.39, 0.29) is 5.91 Å². The number of aryl methyl sites for hydroxylation is 1. The second-order valence-corrected chi connectivity index (χ2v) is 4.13. The van der Waals surface area contributed by atoms with Crippen molar-refractivity contribution in [1.82, 2.24) is 30.0 Å². The van der Waals surface area contributed by atoms with Gasteiger partial charge in [-0.1, -0.05) is 0 Å². The van der Waals surface area contributed by atoms with Crippen LogP contribution in [0.15, 0.2) is 18.7 Å². The molecule has 0 spiro atoms. The first kappa shape index (κ1) is 13.9. The number of hydrogen-bond acceptors (Lipinski definition) is 6. The first-order chi connectivity index (χ1) is 9.70. The van der Waals surface area contributed by atoms with E-state index in [1.54, 1.807) is 4.68 Å². The molecule has 0 aliphatic rings. The Morgan fingerprint density at radius 1 is 1.30 bits per heavy atom. The van der Waals surface area contributed by atoms with E-state index >= 15 is 0 Å². The van der Waals surface area contributed by atoms with E-state index in [1.165, 1.54) is 18.7 Å². The van der Waals surface area contributed by atoms with Crippen molar-refractivity contribution < 1.29 is 4.79 Å². The van der Waals surface area contributed by atoms with Gasteiger partial charge in [0.1, 0.15) is 12.2 Å². The number of nitrogens with one attached hydrogen (secondary N) is 2. The molecule has 2 N–H and O–H groups in total. The minimum absolute atomic E-state index is 0.199. The number of amides is 1. The predicted molar refractivity (Wildman–Crippen MR) is 73.2 cm³/mol. The SMILES string of the molecule is CCNc1ncc(C(=O)NCCc2ncnn2C)cn1. The van der Waals surface area contributed by atoms with Crippen LogP contribution in [0.1, 0.15) is 23.1 Å². The zero-order chi connectivity index (χ0) is 14.4. The minimum atomic E-state index is -0.199. The third-order valence-corrected chi connectivity index (χ3v) is 2.69. The molecule has 20 heavy (non-hydrogen) atoms. The summed E-state index contributed by atoms with van der Waals surface area (Å²) in [5.41, 5.74) is 0.435. The number of aromatic nitrogens is 5. The molecule has 2 aromatic heterocycles. The number of rotatable bonds is 6. The van der Waals surface area contributed by atoms with Crippen molar-refractivity contribution in [3.63, 3.8) is 0 Å². The largest absolute Gasteiger partial charge is 0.355 e. The van der Waals surface area contributed by atoms with Gasteiger partial charge in [0, 0.05) is 39.0 Å². The van der Waals surface area contributed by atoms with Crippen molar-refractivity contribution in [3.8, 4) is 0 Å². The average Bonchev–Trinajstić information content (AvgIpc) is 2.85. The van der Waals surface area contributed by atoms with Crippen LogP contribution in [0.5, 0.6) is 0 Å². The van der Waals surface area contributed by atoms with E-state index in [2.05, 4.69) is 30.7 Å². The molecule has 0 aliphatic heterocycles. The Morgan fingerprint density at radius 2 is 2.05 bits per heavy atom. The van der Waals surface area contributed by atoms with Crippen molar-refractivity contribution in [3.05, 3.63) is 30.1 Å². The van der Waals surface area contributed by atoms with Crippen LogP contribution in [0.2, 0.25) is 0 Å². The fourth-order valence-electron chi connectivity index (χ4n) is 1.63. The van der Waals surface area contributed by atoms with Crippen LogP contribution in [0.4, 0.5) is 5.95 Å².